The molecule has 0 saturated heterocycles. The molecule has 0 spiro atoms. The SMILES string of the molecule is C=C(NC(=NC(C)=NCCOCCOCCNC(=O)c1ccccc1)Nc1ccc(O)cc1)Nc1ccc(C(=O)NCc2ccc(F)cc2)cc1.CCC. The van der Waals surface area contributed by atoms with Crippen LogP contribution in [-0.4, -0.2) is 68.2 Å². The Hall–Kier alpha value is -6.05. The van der Waals surface area contributed by atoms with Crippen LogP contribution >= 0.6 is 0 Å². The highest BCUT2D eigenvalue weighted by Gasteiger charge is 2.08. The number of phenols is 1. The van der Waals surface area contributed by atoms with Crippen molar-refractivity contribution in [1.82, 2.24) is 16.0 Å². The van der Waals surface area contributed by atoms with E-state index in [-0.39, 0.29) is 29.9 Å². The summed E-state index contributed by atoms with van der Waals surface area (Å²) in [6.45, 7) is 12.6. The zero-order valence-electron chi connectivity index (χ0n) is 31.0. The first-order chi connectivity index (χ1) is 26.2. The molecule has 4 rings (SSSR count). The van der Waals surface area contributed by atoms with Crippen molar-refractivity contribution in [2.75, 3.05) is 50.2 Å². The van der Waals surface area contributed by atoms with Gasteiger partial charge in [0.05, 0.1) is 33.0 Å². The van der Waals surface area contributed by atoms with Gasteiger partial charge in [0.1, 0.15) is 23.2 Å². The molecule has 0 aliphatic heterocycles. The minimum Gasteiger partial charge on any atom is -0.508 e. The second kappa shape index (κ2) is 24.2. The molecule has 4 aromatic carbocycles. The van der Waals surface area contributed by atoms with E-state index in [1.165, 1.54) is 18.6 Å². The van der Waals surface area contributed by atoms with Gasteiger partial charge >= 0.3 is 0 Å². The fourth-order valence-electron chi connectivity index (χ4n) is 4.43. The van der Waals surface area contributed by atoms with Crippen LogP contribution in [0.25, 0.3) is 0 Å². The number of halogens is 1. The summed E-state index contributed by atoms with van der Waals surface area (Å²) in [6, 6.07) is 28.3. The van der Waals surface area contributed by atoms with Crippen LogP contribution < -0.4 is 26.6 Å². The molecule has 0 radical (unpaired) electrons. The first kappa shape index (κ1) is 42.4. The molecule has 13 heteroatoms. The maximum absolute atomic E-state index is 13.1. The van der Waals surface area contributed by atoms with E-state index in [1.54, 1.807) is 79.7 Å². The number of amidine groups is 1. The number of aromatic hydroxyl groups is 1. The predicted octanol–water partition coefficient (Wildman–Crippen LogP) is 6.70. The Labute approximate surface area is 316 Å². The van der Waals surface area contributed by atoms with E-state index in [9.17, 15) is 19.1 Å². The van der Waals surface area contributed by atoms with Crippen LogP contribution in [0.15, 0.2) is 126 Å². The topological polar surface area (TPSA) is 158 Å². The number of guanidine groups is 1. The molecule has 0 saturated carbocycles. The Kier molecular flexibility index (Phi) is 19.0. The second-order valence-corrected chi connectivity index (χ2v) is 11.7. The van der Waals surface area contributed by atoms with Crippen LogP contribution in [0.4, 0.5) is 15.8 Å². The zero-order valence-corrected chi connectivity index (χ0v) is 31.0. The van der Waals surface area contributed by atoms with Crippen molar-refractivity contribution in [2.45, 2.75) is 33.7 Å². The number of hydrogen-bond acceptors (Lipinski definition) is 7. The number of nitrogens with zero attached hydrogens (tertiary/aromatic N) is 2. The summed E-state index contributed by atoms with van der Waals surface area (Å²) in [5.74, 6) is 0.588. The molecule has 0 unspecified atom stereocenters. The number of aliphatic imine (C=N–C) groups is 2. The minimum atomic E-state index is -0.331. The smallest absolute Gasteiger partial charge is 0.251 e. The summed E-state index contributed by atoms with van der Waals surface area (Å²) < 4.78 is 24.2. The van der Waals surface area contributed by atoms with E-state index in [0.717, 1.165) is 5.56 Å². The summed E-state index contributed by atoms with van der Waals surface area (Å²) in [6.07, 6.45) is 1.25. The van der Waals surface area contributed by atoms with E-state index < -0.39 is 0 Å². The molecule has 286 valence electrons. The molecule has 54 heavy (non-hydrogen) atoms. The summed E-state index contributed by atoms with van der Waals surface area (Å²) >= 11 is 0. The van der Waals surface area contributed by atoms with Gasteiger partial charge in [-0.25, -0.2) is 9.38 Å². The Bertz CT molecular complexity index is 1780. The van der Waals surface area contributed by atoms with Crippen LogP contribution in [0.1, 0.15) is 53.5 Å². The van der Waals surface area contributed by atoms with Gasteiger partial charge in [0.15, 0.2) is 0 Å². The number of ether oxygens (including phenoxy) is 2. The number of rotatable bonds is 17. The van der Waals surface area contributed by atoms with Gasteiger partial charge in [-0.3, -0.25) is 14.6 Å². The fraction of sp³-hybridized carbons (Fsp3) is 0.268. The van der Waals surface area contributed by atoms with Crippen molar-refractivity contribution >= 4 is 35.0 Å². The van der Waals surface area contributed by atoms with Gasteiger partial charge in [-0.1, -0.05) is 57.2 Å². The van der Waals surface area contributed by atoms with Crippen LogP contribution in [-0.2, 0) is 16.0 Å². The van der Waals surface area contributed by atoms with Crippen molar-refractivity contribution in [3.05, 3.63) is 138 Å². The average molecular weight is 740 g/mol. The van der Waals surface area contributed by atoms with E-state index >= 15 is 0 Å². The molecule has 2 amide bonds. The maximum Gasteiger partial charge on any atom is 0.251 e. The quantitative estimate of drug-likeness (QED) is 0.0302. The van der Waals surface area contributed by atoms with Gasteiger partial charge in [-0.15, -0.1) is 0 Å². The lowest BCUT2D eigenvalue weighted by atomic mass is 10.1. The van der Waals surface area contributed by atoms with Crippen molar-refractivity contribution in [3.8, 4) is 5.75 Å². The molecule has 0 aliphatic rings. The fourth-order valence-corrected chi connectivity index (χ4v) is 4.43. The summed E-state index contributed by atoms with van der Waals surface area (Å²) in [5, 5.41) is 24.7. The number of hydrogen-bond donors (Lipinski definition) is 6. The van der Waals surface area contributed by atoms with Crippen molar-refractivity contribution in [3.63, 3.8) is 0 Å². The van der Waals surface area contributed by atoms with Gasteiger partial charge in [0, 0.05) is 35.6 Å². The number of phenolic OH excluding ortho intramolecular Hbond substituents is 1. The molecule has 0 bridgehead atoms. The van der Waals surface area contributed by atoms with Crippen molar-refractivity contribution in [1.29, 1.82) is 0 Å². The Morgan fingerprint density at radius 2 is 1.31 bits per heavy atom. The molecule has 0 aromatic heterocycles. The Morgan fingerprint density at radius 1 is 0.741 bits per heavy atom. The number of benzene rings is 4. The highest BCUT2D eigenvalue weighted by Crippen LogP contribution is 2.15. The summed E-state index contributed by atoms with van der Waals surface area (Å²) in [7, 11) is 0. The second-order valence-electron chi connectivity index (χ2n) is 11.7. The molecule has 0 aliphatic carbocycles. The van der Waals surface area contributed by atoms with Crippen LogP contribution in [0.2, 0.25) is 0 Å². The number of anilines is 2. The lowest BCUT2D eigenvalue weighted by Crippen LogP contribution is -2.33. The third-order valence-electron chi connectivity index (χ3n) is 7.00. The first-order valence-corrected chi connectivity index (χ1v) is 17.7. The zero-order chi connectivity index (χ0) is 39.0. The molecule has 0 fully saturated rings. The highest BCUT2D eigenvalue weighted by atomic mass is 19.1. The monoisotopic (exact) mass is 739 g/mol. The summed E-state index contributed by atoms with van der Waals surface area (Å²) in [4.78, 5) is 33.6. The van der Waals surface area contributed by atoms with Gasteiger partial charge in [0.25, 0.3) is 11.8 Å². The average Bonchev–Trinajstić information content (AvgIpc) is 3.17. The van der Waals surface area contributed by atoms with E-state index in [0.29, 0.717) is 79.6 Å². The normalized spacial score (nSPS) is 11.1. The summed E-state index contributed by atoms with van der Waals surface area (Å²) in [5.41, 5.74) is 3.20. The molecule has 0 heterocycles. The number of nitrogens with one attached hydrogen (secondary N) is 5. The Balaban J connectivity index is 0.00000253. The van der Waals surface area contributed by atoms with Crippen molar-refractivity contribution < 1.29 is 28.6 Å². The van der Waals surface area contributed by atoms with Gasteiger partial charge in [-0.05, 0) is 85.3 Å². The number of amides is 2. The van der Waals surface area contributed by atoms with Crippen LogP contribution in [0, 0.1) is 5.82 Å². The van der Waals surface area contributed by atoms with Gasteiger partial charge in [-0.2, -0.15) is 0 Å². The largest absolute Gasteiger partial charge is 0.508 e. The maximum atomic E-state index is 13.1. The van der Waals surface area contributed by atoms with E-state index in [2.05, 4.69) is 57.0 Å². The molecular formula is C41H50FN7O5. The van der Waals surface area contributed by atoms with Crippen LogP contribution in [0.3, 0.4) is 0 Å². The number of carbonyl (C=O) groups is 2. The highest BCUT2D eigenvalue weighted by molar-refractivity contribution is 6.02. The van der Waals surface area contributed by atoms with Crippen molar-refractivity contribution in [2.24, 2.45) is 9.98 Å². The third kappa shape index (κ3) is 17.0. The lowest BCUT2D eigenvalue weighted by molar-refractivity contribution is 0.0512. The molecule has 12 nitrogen and oxygen atoms in total. The van der Waals surface area contributed by atoms with Gasteiger partial charge in [0.2, 0.25) is 5.96 Å². The third-order valence-corrected chi connectivity index (χ3v) is 7.00. The molecule has 0 atom stereocenters. The van der Waals surface area contributed by atoms with E-state index in [1.807, 2.05) is 18.2 Å². The Morgan fingerprint density at radius 3 is 1.98 bits per heavy atom. The van der Waals surface area contributed by atoms with Gasteiger partial charge < -0.3 is 41.2 Å². The lowest BCUT2D eigenvalue weighted by Gasteiger charge is -2.16. The minimum absolute atomic E-state index is 0.128. The number of carbonyl (C=O) groups excluding carboxylic acids is 2. The molecule has 4 aromatic rings. The first-order valence-electron chi connectivity index (χ1n) is 17.7. The standard InChI is InChI=1S/C38H42FN7O5.C3H8/c1-27(40-20-22-50-24-25-51-23-21-41-36(48)30-6-4-3-5-7-30)44-38(46-34-16-18-35(47)19-17-34)45-28(2)43-33-14-10-31(11-15-33)37(49)42-26-29-8-12-32(39)13-9-29;1-3-2/h3-19,43,47H,2,20-26H2,1H3,(H,41,48)(H,42,49)(H2,40,44,45,46);3H2,1-2H3. The van der Waals surface area contributed by atoms with E-state index in [4.69, 9.17) is 9.47 Å². The molecule has 6 N–H and O–H groups in total. The molecular weight excluding hydrogens is 689 g/mol. The predicted molar refractivity (Wildman–Crippen MR) is 213 cm³/mol. The van der Waals surface area contributed by atoms with Crippen LogP contribution in [0.5, 0.6) is 5.75 Å².